The lowest BCUT2D eigenvalue weighted by molar-refractivity contribution is -0.130. The molecule has 3 aliphatic heterocycles. The second-order valence-electron chi connectivity index (χ2n) is 26.6. The number of alkyl halides is 1. The van der Waals surface area contributed by atoms with Crippen LogP contribution >= 0.6 is 15.9 Å². The molecule has 3 aliphatic carbocycles. The number of hydrogen-bond acceptors (Lipinski definition) is 21. The monoisotopic (exact) mass is 1450 g/mol. The molecular weight excluding hydrogens is 1380 g/mol. The number of fused-ring (bicyclic) bond motifs is 9. The first-order chi connectivity index (χ1) is 49.9. The van der Waals surface area contributed by atoms with Crippen LogP contribution in [0.2, 0.25) is 0 Å². The molecule has 6 heterocycles. The van der Waals surface area contributed by atoms with Crippen LogP contribution in [-0.4, -0.2) is 136 Å². The summed E-state index contributed by atoms with van der Waals surface area (Å²) < 4.78 is 48.8. The van der Waals surface area contributed by atoms with Gasteiger partial charge in [0.2, 0.25) is 35.2 Å². The van der Waals surface area contributed by atoms with Gasteiger partial charge in [0.25, 0.3) is 17.7 Å². The maximum absolute atomic E-state index is 12.6. The molecule has 103 heavy (non-hydrogen) atoms. The first kappa shape index (κ1) is 72.2. The van der Waals surface area contributed by atoms with Crippen molar-refractivity contribution in [3.8, 4) is 104 Å². The number of likely N-dealkylation sites (tertiary alicyclic amines) is 2. The molecule has 0 saturated carbocycles. The van der Waals surface area contributed by atoms with E-state index in [1.165, 1.54) is 5.56 Å². The molecule has 0 spiro atoms. The molecular formula is C78H79BrN12O12. The zero-order valence-corrected chi connectivity index (χ0v) is 60.4. The van der Waals surface area contributed by atoms with E-state index in [-0.39, 0.29) is 71.9 Å². The van der Waals surface area contributed by atoms with E-state index in [9.17, 15) is 30.2 Å². The van der Waals surface area contributed by atoms with Gasteiger partial charge in [0.1, 0.15) is 35.5 Å². The van der Waals surface area contributed by atoms with Gasteiger partial charge in [-0.05, 0) is 167 Å². The van der Waals surface area contributed by atoms with Crippen molar-refractivity contribution in [1.29, 1.82) is 15.8 Å². The van der Waals surface area contributed by atoms with Gasteiger partial charge in [-0.1, -0.05) is 86.0 Å². The lowest BCUT2D eigenvalue weighted by Gasteiger charge is -2.25. The molecule has 9 aromatic rings. The van der Waals surface area contributed by atoms with E-state index in [1.807, 2.05) is 106 Å². The second-order valence-corrected chi connectivity index (χ2v) is 27.4. The summed E-state index contributed by atoms with van der Waals surface area (Å²) in [5.41, 5.74) is 12.9. The van der Waals surface area contributed by atoms with E-state index in [0.29, 0.717) is 131 Å². The molecule has 3 saturated heterocycles. The van der Waals surface area contributed by atoms with Gasteiger partial charge in [0.15, 0.2) is 0 Å². The first-order valence-electron chi connectivity index (χ1n) is 34.4. The minimum atomic E-state index is -0.0339. The molecule has 3 amide bonds. The van der Waals surface area contributed by atoms with Crippen LogP contribution in [0.1, 0.15) is 129 Å². The van der Waals surface area contributed by atoms with Crippen LogP contribution in [0, 0.1) is 51.7 Å². The molecule has 6 aromatic carbocycles. The molecule has 0 radical (unpaired) electrons. The number of hydrogen-bond donors (Lipinski definition) is 1. The quantitative estimate of drug-likeness (QED) is 0.0693. The summed E-state index contributed by atoms with van der Waals surface area (Å²) in [7, 11) is 4.98. The van der Waals surface area contributed by atoms with Crippen LogP contribution in [0.4, 0.5) is 0 Å². The lowest BCUT2D eigenvalue weighted by atomic mass is 10.0. The maximum atomic E-state index is 12.6. The van der Waals surface area contributed by atoms with Crippen LogP contribution < -0.4 is 19.5 Å². The number of amides is 3. The number of nitrogens with zero attached hydrogens (tertiary/aromatic N) is 11. The van der Waals surface area contributed by atoms with Crippen molar-refractivity contribution in [2.24, 2.45) is 17.8 Å². The SMILES string of the molecule is CC(C)Oc1ccc(-c2nc(-c3cccc4c3CC3CC(=O)NC43)no2)cc1C#N.COCCBr.COCCN1C(=O)CC2Cc3c(-c4noc(-c5ccc(OC(C)C)c(C#N)c5)n4)cccc3C21.COCCN1C(=O)CC2Cc3c(-c4noc(-c5ccc(OC(C)C)c(C#N)c5)n4)cccc3C21. The summed E-state index contributed by atoms with van der Waals surface area (Å²) in [5, 5.41) is 45.2. The summed E-state index contributed by atoms with van der Waals surface area (Å²) >= 11 is 3.18. The van der Waals surface area contributed by atoms with E-state index in [2.05, 4.69) is 92.8 Å². The number of aromatic nitrogens is 6. The number of methoxy groups -OCH3 is 3. The number of benzene rings is 6. The molecule has 24 nitrogen and oxygen atoms in total. The maximum Gasteiger partial charge on any atom is 0.258 e. The minimum absolute atomic E-state index is 0.0255. The second kappa shape index (κ2) is 32.1. The minimum Gasteiger partial charge on any atom is -0.490 e. The number of carbonyl (C=O) groups excluding carboxylic acids is 3. The average molecular weight is 1460 g/mol. The van der Waals surface area contributed by atoms with Crippen molar-refractivity contribution in [2.75, 3.05) is 59.6 Å². The Morgan fingerprint density at radius 1 is 0.485 bits per heavy atom. The molecule has 15 rings (SSSR count). The van der Waals surface area contributed by atoms with E-state index >= 15 is 0 Å². The summed E-state index contributed by atoms with van der Waals surface area (Å²) in [5.74, 6) is 5.40. The van der Waals surface area contributed by atoms with Crippen LogP contribution in [0.3, 0.4) is 0 Å². The fourth-order valence-electron chi connectivity index (χ4n) is 14.6. The van der Waals surface area contributed by atoms with Crippen LogP contribution in [0.25, 0.3) is 68.5 Å². The normalized spacial score (nSPS) is 18.4. The van der Waals surface area contributed by atoms with Gasteiger partial charge in [-0.15, -0.1) is 0 Å². The molecule has 3 aromatic heterocycles. The number of ether oxygens (including phenoxy) is 6. The van der Waals surface area contributed by atoms with Crippen molar-refractivity contribution >= 4 is 33.7 Å². The van der Waals surface area contributed by atoms with Crippen molar-refractivity contribution in [3.05, 3.63) is 159 Å². The van der Waals surface area contributed by atoms with E-state index in [0.717, 1.165) is 75.7 Å². The lowest BCUT2D eigenvalue weighted by Crippen LogP contribution is -2.31. The molecule has 6 atom stereocenters. The van der Waals surface area contributed by atoms with Crippen molar-refractivity contribution in [3.63, 3.8) is 0 Å². The predicted molar refractivity (Wildman–Crippen MR) is 382 cm³/mol. The fourth-order valence-corrected chi connectivity index (χ4v) is 14.9. The Hall–Kier alpha value is -10.6. The Kier molecular flexibility index (Phi) is 22.5. The van der Waals surface area contributed by atoms with E-state index in [1.54, 1.807) is 57.7 Å². The smallest absolute Gasteiger partial charge is 0.258 e. The van der Waals surface area contributed by atoms with Crippen LogP contribution in [0.5, 0.6) is 17.2 Å². The first-order valence-corrected chi connectivity index (χ1v) is 35.5. The summed E-state index contributed by atoms with van der Waals surface area (Å²) in [6, 6.07) is 40.7. The van der Waals surface area contributed by atoms with Gasteiger partial charge >= 0.3 is 0 Å². The van der Waals surface area contributed by atoms with Gasteiger partial charge in [0, 0.05) is 92.4 Å². The molecule has 530 valence electrons. The van der Waals surface area contributed by atoms with Gasteiger partial charge in [0.05, 0.1) is 72.9 Å². The van der Waals surface area contributed by atoms with Crippen LogP contribution in [-0.2, 0) is 47.9 Å². The molecule has 3 fully saturated rings. The fraction of sp³-hybridized carbons (Fsp3) is 0.385. The Balaban J connectivity index is 0.000000141. The standard InChI is InChI=1S/2C26H26N4O4.C23H20N4O3.C3H7BrO/c2*1-15(2)33-22-8-7-16(11-18(22)14-27)26-28-25(29-34-26)20-6-4-5-19-21(20)12-17-13-23(31)30(24(17)19)9-10-32-3;1-12(2)29-19-7-6-13(8-15(19)11-24)23-26-22(27-30-23)17-5-3-4-16-18(17)9-14-10-20(28)25-21(14)16;1-5-3-2-4/h2*4-8,11,15,17,24H,9-10,12-13H2,1-3H3;3-8,12,14,21H,9-10H2,1-2H3,(H,25,28);2-3H2,1H3. The van der Waals surface area contributed by atoms with Gasteiger partial charge in [-0.25, -0.2) is 0 Å². The van der Waals surface area contributed by atoms with Crippen molar-refractivity contribution in [1.82, 2.24) is 45.5 Å². The number of rotatable bonds is 20. The molecule has 25 heteroatoms. The summed E-state index contributed by atoms with van der Waals surface area (Å²) in [6.07, 6.45) is 3.97. The third-order valence-corrected chi connectivity index (χ3v) is 19.1. The third-order valence-electron chi connectivity index (χ3n) is 18.8. The highest BCUT2D eigenvalue weighted by atomic mass is 79.9. The Morgan fingerprint density at radius 2 is 0.845 bits per heavy atom. The third kappa shape index (κ3) is 15.4. The molecule has 1 N–H and O–H groups in total. The number of nitrogens with one attached hydrogen (secondary N) is 1. The number of nitriles is 3. The van der Waals surface area contributed by atoms with Crippen molar-refractivity contribution < 1.29 is 56.4 Å². The average Bonchev–Trinajstić information content (AvgIpc) is 1.60. The van der Waals surface area contributed by atoms with Gasteiger partial charge in [-0.2, -0.15) is 30.7 Å². The van der Waals surface area contributed by atoms with E-state index in [4.69, 9.17) is 37.3 Å². The Bertz CT molecular complexity index is 4540. The number of halogens is 1. The molecule has 6 aliphatic rings. The van der Waals surface area contributed by atoms with Gasteiger partial charge in [-0.3, -0.25) is 14.4 Å². The summed E-state index contributed by atoms with van der Waals surface area (Å²) in [6.45, 7) is 14.5. The zero-order valence-electron chi connectivity index (χ0n) is 58.8. The van der Waals surface area contributed by atoms with E-state index < -0.39 is 0 Å². The Morgan fingerprint density at radius 3 is 1.18 bits per heavy atom. The predicted octanol–water partition coefficient (Wildman–Crippen LogP) is 13.1. The Labute approximate surface area is 605 Å². The topological polar surface area (TPSA) is 313 Å². The molecule has 0 bridgehead atoms. The molecule has 6 unspecified atom stereocenters. The number of carbonyl (C=O) groups is 3. The highest BCUT2D eigenvalue weighted by Gasteiger charge is 2.48. The highest BCUT2D eigenvalue weighted by molar-refractivity contribution is 9.09. The van der Waals surface area contributed by atoms with Crippen molar-refractivity contribution in [2.45, 2.75) is 117 Å². The van der Waals surface area contributed by atoms with Crippen LogP contribution in [0.15, 0.2) is 123 Å². The highest BCUT2D eigenvalue weighted by Crippen LogP contribution is 2.51. The zero-order chi connectivity index (χ0) is 72.6. The summed E-state index contributed by atoms with van der Waals surface area (Å²) in [4.78, 5) is 54.6. The van der Waals surface area contributed by atoms with Gasteiger partial charge < -0.3 is 57.1 Å². The largest absolute Gasteiger partial charge is 0.490 e.